The third kappa shape index (κ3) is 1.69. The molecule has 0 aromatic carbocycles. The van der Waals surface area contributed by atoms with Crippen LogP contribution in [0.4, 0.5) is 0 Å². The van der Waals surface area contributed by atoms with E-state index in [9.17, 15) is 4.79 Å². The van der Waals surface area contributed by atoms with Crippen molar-refractivity contribution in [2.75, 3.05) is 0 Å². The van der Waals surface area contributed by atoms with Gasteiger partial charge in [-0.2, -0.15) is 0 Å². The summed E-state index contributed by atoms with van der Waals surface area (Å²) in [5.74, 6) is 0. The lowest BCUT2D eigenvalue weighted by Gasteiger charge is -2.19. The topological polar surface area (TPSA) is 48.0 Å². The Hall–Kier alpha value is -1.09. The molecule has 0 amide bonds. The standard InChI is InChI=1S/C13H20N2O/c1-3-9(2)15-12-6-4-5-10(12)7-11(8-14)13(15)16/h7,9H,3-6,8,14H2,1-2H3. The number of rotatable bonds is 3. The summed E-state index contributed by atoms with van der Waals surface area (Å²) in [6, 6.07) is 2.30. The molecular formula is C13H20N2O. The fourth-order valence-electron chi connectivity index (χ4n) is 2.53. The molecule has 88 valence electrons. The Morgan fingerprint density at radius 2 is 2.25 bits per heavy atom. The Morgan fingerprint density at radius 3 is 2.88 bits per heavy atom. The van der Waals surface area contributed by atoms with Gasteiger partial charge in [0.15, 0.2) is 0 Å². The first-order chi connectivity index (χ1) is 7.69. The largest absolute Gasteiger partial charge is 0.326 e. The molecule has 0 spiro atoms. The second-order valence-corrected chi connectivity index (χ2v) is 4.63. The van der Waals surface area contributed by atoms with Crippen LogP contribution in [0, 0.1) is 0 Å². The normalized spacial score (nSPS) is 16.2. The maximum atomic E-state index is 12.2. The minimum Gasteiger partial charge on any atom is -0.326 e. The number of aromatic nitrogens is 1. The summed E-state index contributed by atoms with van der Waals surface area (Å²) in [5.41, 5.74) is 9.11. The Labute approximate surface area is 96.3 Å². The summed E-state index contributed by atoms with van der Waals surface area (Å²) >= 11 is 0. The van der Waals surface area contributed by atoms with Crippen LogP contribution < -0.4 is 11.3 Å². The van der Waals surface area contributed by atoms with Crippen LogP contribution in [0.5, 0.6) is 0 Å². The van der Waals surface area contributed by atoms with Crippen molar-refractivity contribution >= 4 is 0 Å². The van der Waals surface area contributed by atoms with E-state index in [1.807, 2.05) is 10.6 Å². The maximum absolute atomic E-state index is 12.2. The summed E-state index contributed by atoms with van der Waals surface area (Å²) in [7, 11) is 0. The van der Waals surface area contributed by atoms with Gasteiger partial charge in [0, 0.05) is 23.8 Å². The molecule has 1 aliphatic carbocycles. The minimum atomic E-state index is 0.123. The zero-order chi connectivity index (χ0) is 11.7. The highest BCUT2D eigenvalue weighted by molar-refractivity contribution is 5.31. The molecule has 0 saturated heterocycles. The summed E-state index contributed by atoms with van der Waals surface area (Å²) in [6.07, 6.45) is 4.29. The van der Waals surface area contributed by atoms with Gasteiger partial charge in [0.2, 0.25) is 0 Å². The molecule has 3 nitrogen and oxygen atoms in total. The quantitative estimate of drug-likeness (QED) is 0.844. The SMILES string of the molecule is CCC(C)n1c2c(cc(CN)c1=O)CCC2. The van der Waals surface area contributed by atoms with Crippen molar-refractivity contribution in [3.8, 4) is 0 Å². The number of pyridine rings is 1. The monoisotopic (exact) mass is 220 g/mol. The number of nitrogens with two attached hydrogens (primary N) is 1. The van der Waals surface area contributed by atoms with Crippen LogP contribution in [0.1, 0.15) is 49.6 Å². The third-order valence-electron chi connectivity index (χ3n) is 3.61. The minimum absolute atomic E-state index is 0.123. The van der Waals surface area contributed by atoms with Crippen LogP contribution in [0.15, 0.2) is 10.9 Å². The van der Waals surface area contributed by atoms with Crippen LogP contribution in [0.3, 0.4) is 0 Å². The second kappa shape index (κ2) is 4.42. The first kappa shape index (κ1) is 11.4. The van der Waals surface area contributed by atoms with Crippen molar-refractivity contribution in [3.63, 3.8) is 0 Å². The molecule has 1 aromatic heterocycles. The first-order valence-electron chi connectivity index (χ1n) is 6.15. The van der Waals surface area contributed by atoms with Crippen LogP contribution >= 0.6 is 0 Å². The Balaban J connectivity index is 2.64. The average molecular weight is 220 g/mol. The van der Waals surface area contributed by atoms with E-state index in [2.05, 4.69) is 13.8 Å². The number of hydrogen-bond acceptors (Lipinski definition) is 2. The molecule has 2 rings (SSSR count). The number of aryl methyl sites for hydroxylation is 1. The third-order valence-corrected chi connectivity index (χ3v) is 3.61. The zero-order valence-corrected chi connectivity index (χ0v) is 10.1. The highest BCUT2D eigenvalue weighted by atomic mass is 16.1. The molecule has 2 N–H and O–H groups in total. The highest BCUT2D eigenvalue weighted by Crippen LogP contribution is 2.24. The Bertz CT molecular complexity index is 448. The van der Waals surface area contributed by atoms with E-state index in [1.54, 1.807) is 0 Å². The van der Waals surface area contributed by atoms with Gasteiger partial charge >= 0.3 is 0 Å². The molecular weight excluding hydrogens is 200 g/mol. The summed E-state index contributed by atoms with van der Waals surface area (Å²) in [6.45, 7) is 4.58. The molecule has 0 bridgehead atoms. The smallest absolute Gasteiger partial charge is 0.255 e. The zero-order valence-electron chi connectivity index (χ0n) is 10.1. The lowest BCUT2D eigenvalue weighted by molar-refractivity contribution is 0.493. The van der Waals surface area contributed by atoms with Crippen LogP contribution in [-0.2, 0) is 19.4 Å². The Kier molecular flexibility index (Phi) is 3.15. The molecule has 0 saturated carbocycles. The van der Waals surface area contributed by atoms with E-state index in [-0.39, 0.29) is 11.6 Å². The van der Waals surface area contributed by atoms with Crippen LogP contribution in [-0.4, -0.2) is 4.57 Å². The fourth-order valence-corrected chi connectivity index (χ4v) is 2.53. The van der Waals surface area contributed by atoms with Gasteiger partial charge in [-0.15, -0.1) is 0 Å². The van der Waals surface area contributed by atoms with E-state index in [0.717, 1.165) is 24.8 Å². The van der Waals surface area contributed by atoms with Gasteiger partial charge in [0.25, 0.3) is 5.56 Å². The molecule has 3 heteroatoms. The summed E-state index contributed by atoms with van der Waals surface area (Å²) in [5, 5.41) is 0. The summed E-state index contributed by atoms with van der Waals surface area (Å²) in [4.78, 5) is 12.2. The van der Waals surface area contributed by atoms with Gasteiger partial charge in [-0.25, -0.2) is 0 Å². The van der Waals surface area contributed by atoms with E-state index < -0.39 is 0 Å². The predicted molar refractivity (Wildman–Crippen MR) is 65.6 cm³/mol. The Morgan fingerprint density at radius 1 is 1.50 bits per heavy atom. The fraction of sp³-hybridized carbons (Fsp3) is 0.615. The van der Waals surface area contributed by atoms with Crippen molar-refractivity contribution in [3.05, 3.63) is 33.2 Å². The second-order valence-electron chi connectivity index (χ2n) is 4.63. The van der Waals surface area contributed by atoms with E-state index in [4.69, 9.17) is 5.73 Å². The maximum Gasteiger partial charge on any atom is 0.255 e. The van der Waals surface area contributed by atoms with E-state index >= 15 is 0 Å². The van der Waals surface area contributed by atoms with Gasteiger partial charge in [-0.1, -0.05) is 6.92 Å². The molecule has 0 aliphatic heterocycles. The molecule has 1 aromatic rings. The molecule has 1 heterocycles. The predicted octanol–water partition coefficient (Wildman–Crippen LogP) is 1.77. The first-order valence-corrected chi connectivity index (χ1v) is 6.15. The number of fused-ring (bicyclic) bond motifs is 1. The lowest BCUT2D eigenvalue weighted by Crippen LogP contribution is -2.30. The molecule has 1 aliphatic rings. The van der Waals surface area contributed by atoms with Gasteiger partial charge in [-0.3, -0.25) is 4.79 Å². The van der Waals surface area contributed by atoms with Crippen LogP contribution in [0.25, 0.3) is 0 Å². The number of nitrogens with zero attached hydrogens (tertiary/aromatic N) is 1. The van der Waals surface area contributed by atoms with Crippen molar-refractivity contribution in [2.45, 2.75) is 52.1 Å². The highest BCUT2D eigenvalue weighted by Gasteiger charge is 2.20. The van der Waals surface area contributed by atoms with E-state index in [0.29, 0.717) is 6.54 Å². The number of hydrogen-bond donors (Lipinski definition) is 1. The van der Waals surface area contributed by atoms with Crippen molar-refractivity contribution in [1.29, 1.82) is 0 Å². The molecule has 0 fully saturated rings. The average Bonchev–Trinajstić information content (AvgIpc) is 2.74. The van der Waals surface area contributed by atoms with Gasteiger partial charge in [0.05, 0.1) is 0 Å². The molecule has 1 atom stereocenters. The molecule has 1 unspecified atom stereocenters. The summed E-state index contributed by atoms with van der Waals surface area (Å²) < 4.78 is 1.98. The van der Waals surface area contributed by atoms with Crippen molar-refractivity contribution < 1.29 is 0 Å². The van der Waals surface area contributed by atoms with Crippen molar-refractivity contribution in [2.24, 2.45) is 5.73 Å². The van der Waals surface area contributed by atoms with E-state index in [1.165, 1.54) is 17.7 Å². The molecule has 16 heavy (non-hydrogen) atoms. The van der Waals surface area contributed by atoms with Gasteiger partial charge in [-0.05, 0) is 44.2 Å². The lowest BCUT2D eigenvalue weighted by atomic mass is 10.1. The molecule has 0 radical (unpaired) electrons. The van der Waals surface area contributed by atoms with Gasteiger partial charge < -0.3 is 10.3 Å². The van der Waals surface area contributed by atoms with Gasteiger partial charge in [0.1, 0.15) is 0 Å². The van der Waals surface area contributed by atoms with Crippen molar-refractivity contribution in [1.82, 2.24) is 4.57 Å². The van der Waals surface area contributed by atoms with Crippen LogP contribution in [0.2, 0.25) is 0 Å².